The first-order valence-corrected chi connectivity index (χ1v) is 8.02. The van der Waals surface area contributed by atoms with Gasteiger partial charge in [0.25, 0.3) is 0 Å². The molecule has 1 aliphatic carbocycles. The summed E-state index contributed by atoms with van der Waals surface area (Å²) < 4.78 is 43.1. The van der Waals surface area contributed by atoms with E-state index in [1.54, 1.807) is 6.07 Å². The summed E-state index contributed by atoms with van der Waals surface area (Å²) in [6.45, 7) is 0.319. The molecule has 1 fully saturated rings. The van der Waals surface area contributed by atoms with Crippen LogP contribution in [0.25, 0.3) is 0 Å². The number of ether oxygens (including phenoxy) is 1. The van der Waals surface area contributed by atoms with Crippen LogP contribution in [0.5, 0.6) is 5.75 Å². The van der Waals surface area contributed by atoms with E-state index in [9.17, 15) is 12.8 Å². The van der Waals surface area contributed by atoms with Crippen molar-refractivity contribution in [3.05, 3.63) is 23.5 Å². The van der Waals surface area contributed by atoms with Gasteiger partial charge in [-0.25, -0.2) is 12.8 Å². The number of hydrogen-bond acceptors (Lipinski definition) is 4. The zero-order chi connectivity index (χ0) is 14.3. The first-order valence-electron chi connectivity index (χ1n) is 6.13. The van der Waals surface area contributed by atoms with E-state index in [0.717, 1.165) is 25.5 Å². The molecular weight excluding hydrogens is 269 g/mol. The third-order valence-electron chi connectivity index (χ3n) is 3.92. The standard InChI is InChI=1S/C13H18FNO3S/c1-18-10-5-4-9(13(8-15)6-3-7-13)11(14)12(10)19(2,16)17/h4-5H,3,6-8,15H2,1-2H3. The van der Waals surface area contributed by atoms with E-state index >= 15 is 0 Å². The predicted octanol–water partition coefficient (Wildman–Crippen LogP) is 1.62. The minimum atomic E-state index is -3.69. The Kier molecular flexibility index (Phi) is 3.57. The second kappa shape index (κ2) is 4.76. The molecule has 0 radical (unpaired) electrons. The second-order valence-electron chi connectivity index (χ2n) is 5.07. The molecular formula is C13H18FNO3S. The summed E-state index contributed by atoms with van der Waals surface area (Å²) in [5.74, 6) is -0.678. The first-order chi connectivity index (χ1) is 8.85. The molecule has 0 heterocycles. The van der Waals surface area contributed by atoms with Crippen LogP contribution >= 0.6 is 0 Å². The van der Waals surface area contributed by atoms with Crippen molar-refractivity contribution in [2.24, 2.45) is 5.73 Å². The lowest BCUT2D eigenvalue weighted by Gasteiger charge is -2.41. The van der Waals surface area contributed by atoms with E-state index in [-0.39, 0.29) is 10.6 Å². The summed E-state index contributed by atoms with van der Waals surface area (Å²) >= 11 is 0. The molecule has 1 aromatic rings. The van der Waals surface area contributed by atoms with Gasteiger partial charge in [0, 0.05) is 18.2 Å². The Hall–Kier alpha value is -1.14. The van der Waals surface area contributed by atoms with Gasteiger partial charge in [-0.05, 0) is 24.5 Å². The fraction of sp³-hybridized carbons (Fsp3) is 0.538. The SMILES string of the molecule is COc1ccc(C2(CN)CCC2)c(F)c1S(C)(=O)=O. The smallest absolute Gasteiger partial charge is 0.182 e. The van der Waals surface area contributed by atoms with E-state index in [1.807, 2.05) is 0 Å². The quantitative estimate of drug-likeness (QED) is 0.913. The molecule has 0 aromatic heterocycles. The molecule has 1 aliphatic rings. The molecule has 1 saturated carbocycles. The van der Waals surface area contributed by atoms with Crippen molar-refractivity contribution in [1.29, 1.82) is 0 Å². The van der Waals surface area contributed by atoms with Crippen LogP contribution in [0.3, 0.4) is 0 Å². The molecule has 6 heteroatoms. The molecule has 4 nitrogen and oxygen atoms in total. The molecule has 2 rings (SSSR count). The highest BCUT2D eigenvalue weighted by molar-refractivity contribution is 7.90. The molecule has 19 heavy (non-hydrogen) atoms. The Morgan fingerprint density at radius 1 is 1.42 bits per heavy atom. The molecule has 0 aliphatic heterocycles. The van der Waals surface area contributed by atoms with Crippen molar-refractivity contribution >= 4 is 9.84 Å². The predicted molar refractivity (Wildman–Crippen MR) is 70.6 cm³/mol. The van der Waals surface area contributed by atoms with Crippen LogP contribution in [-0.2, 0) is 15.3 Å². The molecule has 0 saturated heterocycles. The largest absolute Gasteiger partial charge is 0.495 e. The van der Waals surface area contributed by atoms with E-state index < -0.39 is 21.1 Å². The lowest BCUT2D eigenvalue weighted by Crippen LogP contribution is -2.42. The van der Waals surface area contributed by atoms with Crippen LogP contribution in [0.1, 0.15) is 24.8 Å². The summed E-state index contributed by atoms with van der Waals surface area (Å²) in [6.07, 6.45) is 3.54. The average molecular weight is 287 g/mol. The Balaban J connectivity index is 2.67. The van der Waals surface area contributed by atoms with Gasteiger partial charge in [0.05, 0.1) is 7.11 Å². The highest BCUT2D eigenvalue weighted by atomic mass is 32.2. The molecule has 0 spiro atoms. The Bertz CT molecular complexity index is 589. The van der Waals surface area contributed by atoms with Crippen molar-refractivity contribution in [1.82, 2.24) is 0 Å². The zero-order valence-electron chi connectivity index (χ0n) is 11.1. The van der Waals surface area contributed by atoms with Crippen LogP contribution in [0.4, 0.5) is 4.39 Å². The van der Waals surface area contributed by atoms with Crippen molar-refractivity contribution in [2.45, 2.75) is 29.6 Å². The highest BCUT2D eigenvalue weighted by Gasteiger charge is 2.41. The maximum atomic E-state index is 14.6. The van der Waals surface area contributed by atoms with E-state index in [2.05, 4.69) is 0 Å². The summed E-state index contributed by atoms with van der Waals surface area (Å²) in [4.78, 5) is -0.368. The van der Waals surface area contributed by atoms with Gasteiger partial charge in [-0.3, -0.25) is 0 Å². The van der Waals surface area contributed by atoms with Gasteiger partial charge in [0.1, 0.15) is 16.5 Å². The van der Waals surface area contributed by atoms with Gasteiger partial charge < -0.3 is 10.5 Å². The lowest BCUT2D eigenvalue weighted by atomic mass is 9.64. The Morgan fingerprint density at radius 2 is 2.05 bits per heavy atom. The monoisotopic (exact) mass is 287 g/mol. The van der Waals surface area contributed by atoms with Gasteiger partial charge in [0.2, 0.25) is 0 Å². The second-order valence-corrected chi connectivity index (χ2v) is 7.02. The molecule has 0 amide bonds. The minimum Gasteiger partial charge on any atom is -0.495 e. The lowest BCUT2D eigenvalue weighted by molar-refractivity contribution is 0.242. The van der Waals surface area contributed by atoms with Gasteiger partial charge in [-0.1, -0.05) is 12.5 Å². The third kappa shape index (κ3) is 2.23. The summed E-state index contributed by atoms with van der Waals surface area (Å²) in [5, 5.41) is 0. The van der Waals surface area contributed by atoms with Crippen LogP contribution in [0.2, 0.25) is 0 Å². The van der Waals surface area contributed by atoms with Crippen LogP contribution in [-0.4, -0.2) is 28.3 Å². The number of nitrogens with two attached hydrogens (primary N) is 1. The van der Waals surface area contributed by atoms with Gasteiger partial charge in [-0.2, -0.15) is 0 Å². The van der Waals surface area contributed by atoms with Crippen LogP contribution in [0, 0.1) is 5.82 Å². The van der Waals surface area contributed by atoms with Crippen molar-refractivity contribution < 1.29 is 17.5 Å². The van der Waals surface area contributed by atoms with E-state index in [4.69, 9.17) is 10.5 Å². The molecule has 0 atom stereocenters. The number of methoxy groups -OCH3 is 1. The summed E-state index contributed by atoms with van der Waals surface area (Å²) in [6, 6.07) is 3.10. The summed E-state index contributed by atoms with van der Waals surface area (Å²) in [7, 11) is -2.37. The Labute approximate surface area is 112 Å². The van der Waals surface area contributed by atoms with Gasteiger partial charge in [0.15, 0.2) is 9.84 Å². The normalized spacial score (nSPS) is 17.9. The topological polar surface area (TPSA) is 69.4 Å². The maximum Gasteiger partial charge on any atom is 0.182 e. The number of halogens is 1. The van der Waals surface area contributed by atoms with Crippen LogP contribution < -0.4 is 10.5 Å². The van der Waals surface area contributed by atoms with Crippen LogP contribution in [0.15, 0.2) is 17.0 Å². The molecule has 1 aromatic carbocycles. The average Bonchev–Trinajstić information content (AvgIpc) is 2.28. The number of rotatable bonds is 4. The molecule has 106 valence electrons. The third-order valence-corrected chi connectivity index (χ3v) is 5.05. The fourth-order valence-electron chi connectivity index (χ4n) is 2.64. The summed E-state index contributed by atoms with van der Waals surface area (Å²) in [5.41, 5.74) is 5.72. The van der Waals surface area contributed by atoms with Crippen molar-refractivity contribution in [3.63, 3.8) is 0 Å². The zero-order valence-corrected chi connectivity index (χ0v) is 11.9. The highest BCUT2D eigenvalue weighted by Crippen LogP contribution is 2.45. The van der Waals surface area contributed by atoms with E-state index in [1.165, 1.54) is 13.2 Å². The van der Waals surface area contributed by atoms with Gasteiger partial charge in [-0.15, -0.1) is 0 Å². The van der Waals surface area contributed by atoms with Crippen molar-refractivity contribution in [3.8, 4) is 5.75 Å². The number of hydrogen-bond donors (Lipinski definition) is 1. The minimum absolute atomic E-state index is 0.0373. The van der Waals surface area contributed by atoms with Crippen molar-refractivity contribution in [2.75, 3.05) is 19.9 Å². The fourth-order valence-corrected chi connectivity index (χ4v) is 3.59. The maximum absolute atomic E-state index is 14.6. The Morgan fingerprint density at radius 3 is 2.42 bits per heavy atom. The number of sulfone groups is 1. The molecule has 2 N–H and O–H groups in total. The molecule has 0 bridgehead atoms. The van der Waals surface area contributed by atoms with Gasteiger partial charge >= 0.3 is 0 Å². The number of benzene rings is 1. The first kappa shape index (κ1) is 14.3. The van der Waals surface area contributed by atoms with E-state index in [0.29, 0.717) is 12.1 Å². The molecule has 0 unspecified atom stereocenters.